The number of ether oxygens (including phenoxy) is 2. The molecule has 1 aliphatic carbocycles. The van der Waals surface area contributed by atoms with Gasteiger partial charge in [0.2, 0.25) is 5.88 Å². The van der Waals surface area contributed by atoms with Crippen LogP contribution in [0.1, 0.15) is 44.5 Å². The highest BCUT2D eigenvalue weighted by molar-refractivity contribution is 9.10. The van der Waals surface area contributed by atoms with Crippen molar-refractivity contribution >= 4 is 26.9 Å². The lowest BCUT2D eigenvalue weighted by molar-refractivity contribution is 0.141. The molecule has 4 rings (SSSR count). The smallest absolute Gasteiger partial charge is 0.231 e. The monoisotopic (exact) mass is 508 g/mol. The Balaban J connectivity index is 1.36. The van der Waals surface area contributed by atoms with Crippen molar-refractivity contribution in [2.75, 3.05) is 33.3 Å². The van der Waals surface area contributed by atoms with Crippen molar-refractivity contribution in [2.24, 2.45) is 0 Å². The maximum absolute atomic E-state index is 12.9. The third kappa shape index (κ3) is 5.45. The Kier molecular flexibility index (Phi) is 7.58. The van der Waals surface area contributed by atoms with Crippen molar-refractivity contribution in [3.8, 4) is 11.6 Å². The van der Waals surface area contributed by atoms with E-state index in [1.165, 1.54) is 12.8 Å². The molecule has 9 heteroatoms. The molecule has 2 atom stereocenters. The number of hydrogen-bond donors (Lipinski definition) is 0. The number of hydrogen-bond acceptors (Lipinski definition) is 6. The summed E-state index contributed by atoms with van der Waals surface area (Å²) in [5, 5.41) is 0. The van der Waals surface area contributed by atoms with Crippen LogP contribution < -0.4 is 9.47 Å². The number of rotatable bonds is 7. The molecule has 2 unspecified atom stereocenters. The molecular formula is C22H29BrN4O3S. The summed E-state index contributed by atoms with van der Waals surface area (Å²) in [6, 6.07) is 7.50. The predicted octanol–water partition coefficient (Wildman–Crippen LogP) is 3.97. The maximum atomic E-state index is 12.9. The Labute approximate surface area is 194 Å². The third-order valence-electron chi connectivity index (χ3n) is 6.00. The Hall–Kier alpha value is -1.55. The van der Waals surface area contributed by atoms with Crippen LogP contribution in [0.3, 0.4) is 0 Å². The molecule has 2 aliphatic rings. The van der Waals surface area contributed by atoms with Crippen LogP contribution in [-0.4, -0.2) is 62.8 Å². The zero-order valence-electron chi connectivity index (χ0n) is 18.0. The van der Waals surface area contributed by atoms with Gasteiger partial charge in [0.15, 0.2) is 0 Å². The van der Waals surface area contributed by atoms with Crippen LogP contribution in [0.5, 0.6) is 11.6 Å². The van der Waals surface area contributed by atoms with Gasteiger partial charge in [-0.05, 0) is 72.8 Å². The fourth-order valence-corrected chi connectivity index (χ4v) is 5.52. The lowest BCUT2D eigenvalue weighted by atomic mass is 10.2. The average Bonchev–Trinajstić information content (AvgIpc) is 3.33. The minimum absolute atomic E-state index is 0.0654. The van der Waals surface area contributed by atoms with Gasteiger partial charge in [-0.25, -0.2) is 13.5 Å². The topological polar surface area (TPSA) is 67.8 Å². The SMILES string of the molecule is COc1ccc(S(=O)N2CCN(C(C)c3ncc(Br)c(OC4CCCC4)n3)CC2)cc1. The van der Waals surface area contributed by atoms with E-state index in [0.29, 0.717) is 5.88 Å². The van der Waals surface area contributed by atoms with E-state index >= 15 is 0 Å². The fourth-order valence-electron chi connectivity index (χ4n) is 4.07. The molecule has 2 heterocycles. The first kappa shape index (κ1) is 22.6. The standard InChI is InChI=1S/C22H29BrN4O3S/c1-16(21-24-15-20(23)22(25-21)30-18-5-3-4-6-18)26-11-13-27(14-12-26)31(28)19-9-7-17(29-2)8-10-19/h7-10,15-16,18H,3-6,11-14H2,1-2H3. The highest BCUT2D eigenvalue weighted by Crippen LogP contribution is 2.30. The zero-order chi connectivity index (χ0) is 21.8. The molecule has 2 fully saturated rings. The van der Waals surface area contributed by atoms with Gasteiger partial charge in [-0.3, -0.25) is 4.90 Å². The Morgan fingerprint density at radius 2 is 1.81 bits per heavy atom. The quantitative estimate of drug-likeness (QED) is 0.563. The molecule has 1 aromatic heterocycles. The second kappa shape index (κ2) is 10.4. The van der Waals surface area contributed by atoms with Gasteiger partial charge in [0.25, 0.3) is 0 Å². The van der Waals surface area contributed by atoms with Crippen LogP contribution >= 0.6 is 15.9 Å². The molecule has 1 aliphatic heterocycles. The van der Waals surface area contributed by atoms with Gasteiger partial charge in [-0.2, -0.15) is 4.98 Å². The summed E-state index contributed by atoms with van der Waals surface area (Å²) in [5.41, 5.74) is 0. The van der Waals surface area contributed by atoms with Gasteiger partial charge in [0, 0.05) is 32.4 Å². The van der Waals surface area contributed by atoms with E-state index in [2.05, 4.69) is 32.7 Å². The van der Waals surface area contributed by atoms with Crippen molar-refractivity contribution in [2.45, 2.75) is 49.6 Å². The van der Waals surface area contributed by atoms with E-state index in [1.807, 2.05) is 28.6 Å². The molecule has 31 heavy (non-hydrogen) atoms. The summed E-state index contributed by atoms with van der Waals surface area (Å²) in [4.78, 5) is 12.4. The first-order valence-electron chi connectivity index (χ1n) is 10.8. The number of benzene rings is 1. The van der Waals surface area contributed by atoms with E-state index in [4.69, 9.17) is 14.5 Å². The van der Waals surface area contributed by atoms with Crippen LogP contribution in [0.25, 0.3) is 0 Å². The molecule has 0 amide bonds. The number of halogens is 1. The van der Waals surface area contributed by atoms with Crippen molar-refractivity contribution in [3.05, 3.63) is 40.8 Å². The summed E-state index contributed by atoms with van der Waals surface area (Å²) in [7, 11) is 0.461. The van der Waals surface area contributed by atoms with E-state index in [-0.39, 0.29) is 12.1 Å². The lowest BCUT2D eigenvalue weighted by Gasteiger charge is -2.36. The summed E-state index contributed by atoms with van der Waals surface area (Å²) in [5.74, 6) is 2.18. The molecule has 0 N–H and O–H groups in total. The van der Waals surface area contributed by atoms with Gasteiger partial charge in [0.1, 0.15) is 28.7 Å². The zero-order valence-corrected chi connectivity index (χ0v) is 20.4. The maximum Gasteiger partial charge on any atom is 0.231 e. The van der Waals surface area contributed by atoms with E-state index in [0.717, 1.165) is 60.0 Å². The molecule has 0 spiro atoms. The second-order valence-corrected chi connectivity index (χ2v) is 10.3. The number of nitrogens with zero attached hydrogens (tertiary/aromatic N) is 4. The van der Waals surface area contributed by atoms with Crippen molar-refractivity contribution in [3.63, 3.8) is 0 Å². The highest BCUT2D eigenvalue weighted by Gasteiger charge is 2.28. The number of piperazine rings is 1. The Morgan fingerprint density at radius 1 is 1.13 bits per heavy atom. The average molecular weight is 509 g/mol. The molecule has 1 aromatic carbocycles. The van der Waals surface area contributed by atoms with Gasteiger partial charge in [-0.15, -0.1) is 0 Å². The van der Waals surface area contributed by atoms with Crippen LogP contribution in [0.4, 0.5) is 0 Å². The van der Waals surface area contributed by atoms with E-state index in [9.17, 15) is 4.21 Å². The minimum atomic E-state index is -1.17. The molecule has 0 bridgehead atoms. The van der Waals surface area contributed by atoms with E-state index in [1.54, 1.807) is 13.3 Å². The summed E-state index contributed by atoms with van der Waals surface area (Å²) in [6.45, 7) is 5.19. The third-order valence-corrected chi connectivity index (χ3v) is 8.05. The molecule has 2 aromatic rings. The number of methoxy groups -OCH3 is 1. The van der Waals surface area contributed by atoms with Gasteiger partial charge in [0.05, 0.1) is 22.5 Å². The Morgan fingerprint density at radius 3 is 2.45 bits per heavy atom. The molecular weight excluding hydrogens is 480 g/mol. The fraction of sp³-hybridized carbons (Fsp3) is 0.545. The molecule has 1 saturated heterocycles. The van der Waals surface area contributed by atoms with Crippen molar-refractivity contribution < 1.29 is 13.7 Å². The lowest BCUT2D eigenvalue weighted by Crippen LogP contribution is -2.47. The highest BCUT2D eigenvalue weighted by atomic mass is 79.9. The van der Waals surface area contributed by atoms with Crippen LogP contribution in [0, 0.1) is 0 Å². The van der Waals surface area contributed by atoms with Crippen molar-refractivity contribution in [1.82, 2.24) is 19.2 Å². The molecule has 7 nitrogen and oxygen atoms in total. The summed E-state index contributed by atoms with van der Waals surface area (Å²) >= 11 is 3.53. The van der Waals surface area contributed by atoms with Crippen LogP contribution in [0.2, 0.25) is 0 Å². The van der Waals surface area contributed by atoms with Crippen LogP contribution in [-0.2, 0) is 11.0 Å². The summed E-state index contributed by atoms with van der Waals surface area (Å²) in [6.07, 6.45) is 6.67. The van der Waals surface area contributed by atoms with E-state index < -0.39 is 11.0 Å². The van der Waals surface area contributed by atoms with Crippen LogP contribution in [0.15, 0.2) is 39.8 Å². The van der Waals surface area contributed by atoms with Crippen molar-refractivity contribution in [1.29, 1.82) is 0 Å². The summed E-state index contributed by atoms with van der Waals surface area (Å²) < 4.78 is 27.1. The minimum Gasteiger partial charge on any atom is -0.497 e. The van der Waals surface area contributed by atoms with Gasteiger partial charge in [-0.1, -0.05) is 0 Å². The number of aromatic nitrogens is 2. The van der Waals surface area contributed by atoms with Gasteiger partial charge < -0.3 is 9.47 Å². The van der Waals surface area contributed by atoms with Gasteiger partial charge >= 0.3 is 0 Å². The second-order valence-electron chi connectivity index (χ2n) is 7.97. The first-order valence-corrected chi connectivity index (χ1v) is 12.7. The normalized spacial score (nSPS) is 20.5. The molecule has 168 valence electrons. The predicted molar refractivity (Wildman–Crippen MR) is 124 cm³/mol. The Bertz CT molecular complexity index is 900. The largest absolute Gasteiger partial charge is 0.497 e. The molecule has 0 radical (unpaired) electrons. The first-order chi connectivity index (χ1) is 15.0. The molecule has 1 saturated carbocycles.